The van der Waals surface area contributed by atoms with Crippen molar-refractivity contribution in [2.75, 3.05) is 26.7 Å². The van der Waals surface area contributed by atoms with Gasteiger partial charge in [-0.1, -0.05) is 13.3 Å². The summed E-state index contributed by atoms with van der Waals surface area (Å²) >= 11 is 0. The van der Waals surface area contributed by atoms with E-state index in [1.807, 2.05) is 0 Å². The van der Waals surface area contributed by atoms with Crippen LogP contribution >= 0.6 is 0 Å². The van der Waals surface area contributed by atoms with Crippen molar-refractivity contribution < 1.29 is 5.11 Å². The molecule has 6 unspecified atom stereocenters. The second-order valence-corrected chi connectivity index (χ2v) is 7.53. The molecule has 3 rings (SSSR count). The summed E-state index contributed by atoms with van der Waals surface area (Å²) < 4.78 is 0. The average Bonchev–Trinajstić information content (AvgIpc) is 3.01. The topological polar surface area (TPSA) is 35.5 Å². The number of rotatable bonds is 4. The van der Waals surface area contributed by atoms with Crippen LogP contribution in [0.4, 0.5) is 0 Å². The molecule has 0 amide bonds. The van der Waals surface area contributed by atoms with Crippen LogP contribution in [0.1, 0.15) is 45.4 Å². The van der Waals surface area contributed by atoms with Crippen molar-refractivity contribution in [3.8, 4) is 0 Å². The zero-order chi connectivity index (χ0) is 14.1. The Morgan fingerprint density at radius 2 is 2.00 bits per heavy atom. The van der Waals surface area contributed by atoms with Gasteiger partial charge in [0.2, 0.25) is 0 Å². The van der Waals surface area contributed by atoms with Crippen LogP contribution in [0.3, 0.4) is 0 Å². The van der Waals surface area contributed by atoms with Gasteiger partial charge in [0, 0.05) is 31.6 Å². The first-order valence-corrected chi connectivity index (χ1v) is 8.79. The van der Waals surface area contributed by atoms with Crippen LogP contribution in [0.5, 0.6) is 0 Å². The number of fused-ring (bicyclic) bond motifs is 1. The van der Waals surface area contributed by atoms with Crippen LogP contribution in [-0.2, 0) is 0 Å². The van der Waals surface area contributed by atoms with E-state index in [0.29, 0.717) is 12.0 Å². The third-order valence-electron chi connectivity index (χ3n) is 6.43. The Morgan fingerprint density at radius 3 is 2.70 bits per heavy atom. The van der Waals surface area contributed by atoms with Gasteiger partial charge in [-0.05, 0) is 56.9 Å². The molecule has 1 heterocycles. The van der Waals surface area contributed by atoms with Crippen molar-refractivity contribution in [2.24, 2.45) is 23.7 Å². The van der Waals surface area contributed by atoms with Crippen molar-refractivity contribution in [3.05, 3.63) is 0 Å². The molecule has 3 nitrogen and oxygen atoms in total. The van der Waals surface area contributed by atoms with Crippen LogP contribution in [-0.4, -0.2) is 48.8 Å². The van der Waals surface area contributed by atoms with Gasteiger partial charge in [-0.25, -0.2) is 0 Å². The molecule has 0 bridgehead atoms. The summed E-state index contributed by atoms with van der Waals surface area (Å²) in [5.74, 6) is 3.11. The van der Waals surface area contributed by atoms with Crippen molar-refractivity contribution in [3.63, 3.8) is 0 Å². The minimum absolute atomic E-state index is 0.0140. The maximum absolute atomic E-state index is 10.1. The smallest absolute Gasteiger partial charge is 0.0583 e. The SMILES string of the molecule is CCC1CCC(NC)C(CN2CC3CCC(O)C3C2)C1. The third-order valence-corrected chi connectivity index (χ3v) is 6.43. The molecule has 3 heteroatoms. The molecule has 0 spiro atoms. The Bertz CT molecular complexity index is 322. The highest BCUT2D eigenvalue weighted by Gasteiger charge is 2.42. The lowest BCUT2D eigenvalue weighted by Gasteiger charge is -2.38. The number of hydrogen-bond acceptors (Lipinski definition) is 3. The zero-order valence-corrected chi connectivity index (χ0v) is 13.2. The van der Waals surface area contributed by atoms with Gasteiger partial charge in [-0.3, -0.25) is 0 Å². The van der Waals surface area contributed by atoms with Crippen LogP contribution in [0.2, 0.25) is 0 Å². The Balaban J connectivity index is 1.56. The summed E-state index contributed by atoms with van der Waals surface area (Å²) in [6.45, 7) is 5.99. The van der Waals surface area contributed by atoms with Crippen molar-refractivity contribution >= 4 is 0 Å². The van der Waals surface area contributed by atoms with Gasteiger partial charge in [0.1, 0.15) is 0 Å². The molecule has 2 N–H and O–H groups in total. The highest BCUT2D eigenvalue weighted by Crippen LogP contribution is 2.39. The summed E-state index contributed by atoms with van der Waals surface area (Å²) in [5, 5.41) is 13.6. The van der Waals surface area contributed by atoms with Gasteiger partial charge < -0.3 is 15.3 Å². The maximum Gasteiger partial charge on any atom is 0.0583 e. The standard InChI is InChI=1S/C17H32N2O/c1-3-12-4-6-16(18-2)14(8-12)10-19-9-13-5-7-17(20)15(13)11-19/h12-18,20H,3-11H2,1-2H3. The Labute approximate surface area is 124 Å². The molecule has 2 saturated carbocycles. The second kappa shape index (κ2) is 6.33. The van der Waals surface area contributed by atoms with Crippen LogP contribution in [0.15, 0.2) is 0 Å². The molecule has 0 aromatic heterocycles. The Morgan fingerprint density at radius 1 is 1.15 bits per heavy atom. The molecule has 6 atom stereocenters. The first-order chi connectivity index (χ1) is 9.71. The lowest BCUT2D eigenvalue weighted by atomic mass is 9.76. The molecule has 3 aliphatic rings. The van der Waals surface area contributed by atoms with Crippen LogP contribution < -0.4 is 5.32 Å². The van der Waals surface area contributed by atoms with Gasteiger partial charge in [-0.2, -0.15) is 0 Å². The quantitative estimate of drug-likeness (QED) is 0.828. The van der Waals surface area contributed by atoms with E-state index in [9.17, 15) is 5.11 Å². The van der Waals surface area contributed by atoms with Gasteiger partial charge in [-0.15, -0.1) is 0 Å². The molecule has 116 valence electrons. The first kappa shape index (κ1) is 14.8. The first-order valence-electron chi connectivity index (χ1n) is 8.79. The van der Waals surface area contributed by atoms with Gasteiger partial charge in [0.15, 0.2) is 0 Å². The summed E-state index contributed by atoms with van der Waals surface area (Å²) in [5.41, 5.74) is 0. The van der Waals surface area contributed by atoms with Gasteiger partial charge >= 0.3 is 0 Å². The van der Waals surface area contributed by atoms with E-state index in [4.69, 9.17) is 0 Å². The summed E-state index contributed by atoms with van der Waals surface area (Å²) in [4.78, 5) is 2.66. The summed E-state index contributed by atoms with van der Waals surface area (Å²) in [6.07, 6.45) is 7.78. The van der Waals surface area contributed by atoms with Gasteiger partial charge in [0.05, 0.1) is 6.10 Å². The summed E-state index contributed by atoms with van der Waals surface area (Å²) in [6, 6.07) is 0.711. The second-order valence-electron chi connectivity index (χ2n) is 7.53. The lowest BCUT2D eigenvalue weighted by Crippen LogP contribution is -2.44. The lowest BCUT2D eigenvalue weighted by molar-refractivity contribution is 0.113. The molecule has 20 heavy (non-hydrogen) atoms. The van der Waals surface area contributed by atoms with E-state index >= 15 is 0 Å². The highest BCUT2D eigenvalue weighted by atomic mass is 16.3. The molecule has 0 radical (unpaired) electrons. The molecule has 1 aliphatic heterocycles. The number of aliphatic hydroxyl groups is 1. The molecular formula is C17H32N2O. The van der Waals surface area contributed by atoms with Crippen molar-refractivity contribution in [1.29, 1.82) is 0 Å². The van der Waals surface area contributed by atoms with E-state index < -0.39 is 0 Å². The number of nitrogens with one attached hydrogen (secondary N) is 1. The largest absolute Gasteiger partial charge is 0.393 e. The number of aliphatic hydroxyl groups excluding tert-OH is 1. The van der Waals surface area contributed by atoms with Crippen LogP contribution in [0, 0.1) is 23.7 Å². The third kappa shape index (κ3) is 2.90. The molecule has 0 aromatic rings. The van der Waals surface area contributed by atoms with E-state index in [1.54, 1.807) is 0 Å². The molecule has 2 aliphatic carbocycles. The van der Waals surface area contributed by atoms with Crippen molar-refractivity contribution in [1.82, 2.24) is 10.2 Å². The van der Waals surface area contributed by atoms with E-state index in [2.05, 4.69) is 24.2 Å². The van der Waals surface area contributed by atoms with E-state index in [0.717, 1.165) is 30.7 Å². The van der Waals surface area contributed by atoms with Crippen molar-refractivity contribution in [2.45, 2.75) is 57.6 Å². The fraction of sp³-hybridized carbons (Fsp3) is 1.00. The average molecular weight is 280 g/mol. The Kier molecular flexibility index (Phi) is 4.68. The predicted molar refractivity (Wildman–Crippen MR) is 82.6 cm³/mol. The number of nitrogens with zero attached hydrogens (tertiary/aromatic N) is 1. The minimum Gasteiger partial charge on any atom is -0.393 e. The number of likely N-dealkylation sites (tertiary alicyclic amines) is 1. The van der Waals surface area contributed by atoms with Gasteiger partial charge in [0.25, 0.3) is 0 Å². The fourth-order valence-electron chi connectivity index (χ4n) is 5.12. The van der Waals surface area contributed by atoms with E-state index in [-0.39, 0.29) is 6.10 Å². The van der Waals surface area contributed by atoms with Crippen LogP contribution in [0.25, 0.3) is 0 Å². The minimum atomic E-state index is -0.0140. The molecule has 1 saturated heterocycles. The number of hydrogen-bond donors (Lipinski definition) is 2. The Hall–Kier alpha value is -0.120. The predicted octanol–water partition coefficient (Wildman–Crippen LogP) is 2.10. The summed E-state index contributed by atoms with van der Waals surface area (Å²) in [7, 11) is 2.13. The fourth-order valence-corrected chi connectivity index (χ4v) is 5.12. The molecular weight excluding hydrogens is 248 g/mol. The normalized spacial score (nSPS) is 45.8. The molecule has 0 aromatic carbocycles. The van der Waals surface area contributed by atoms with E-state index in [1.165, 1.54) is 45.2 Å². The molecule has 3 fully saturated rings. The maximum atomic E-state index is 10.1. The zero-order valence-electron chi connectivity index (χ0n) is 13.2. The highest BCUT2D eigenvalue weighted by molar-refractivity contribution is 4.95. The monoisotopic (exact) mass is 280 g/mol.